The summed E-state index contributed by atoms with van der Waals surface area (Å²) in [7, 11) is 0. The molecule has 0 aliphatic carbocycles. The summed E-state index contributed by atoms with van der Waals surface area (Å²) in [6.07, 6.45) is -3.90. The molecule has 0 unspecified atom stereocenters. The number of amides is 2. The predicted octanol–water partition coefficient (Wildman–Crippen LogP) is 3.58. The highest BCUT2D eigenvalue weighted by atomic mass is 35.5. The van der Waals surface area contributed by atoms with Crippen LogP contribution in [0.3, 0.4) is 0 Å². The number of benzene rings is 1. The summed E-state index contributed by atoms with van der Waals surface area (Å²) in [6, 6.07) is 6.92. The average Bonchev–Trinajstić information content (AvgIpc) is 2.53. The van der Waals surface area contributed by atoms with Crippen molar-refractivity contribution >= 4 is 40.9 Å². The second-order valence-corrected chi connectivity index (χ2v) is 6.13. The van der Waals surface area contributed by atoms with E-state index in [0.29, 0.717) is 6.20 Å². The van der Waals surface area contributed by atoms with Crippen LogP contribution in [0.15, 0.2) is 41.6 Å². The third-order valence-electron chi connectivity index (χ3n) is 2.94. The van der Waals surface area contributed by atoms with Crippen molar-refractivity contribution in [1.29, 1.82) is 0 Å². The van der Waals surface area contributed by atoms with E-state index in [2.05, 4.69) is 10.3 Å². The van der Waals surface area contributed by atoms with E-state index >= 15 is 0 Å². The number of hydrogen-bond donors (Lipinski definition) is 2. The normalized spacial score (nSPS) is 11.2. The molecule has 0 atom stereocenters. The fourth-order valence-electron chi connectivity index (χ4n) is 1.81. The number of nitrogens with one attached hydrogen (secondary N) is 1. The van der Waals surface area contributed by atoms with E-state index in [4.69, 9.17) is 17.3 Å². The first-order valence-corrected chi connectivity index (χ1v) is 8.09. The third-order valence-corrected chi connectivity index (χ3v) is 4.35. The van der Waals surface area contributed by atoms with Crippen LogP contribution in [0.5, 0.6) is 0 Å². The second-order valence-electron chi connectivity index (χ2n) is 4.76. The lowest BCUT2D eigenvalue weighted by molar-refractivity contribution is -0.137. The Hall–Kier alpha value is -2.26. The number of halogens is 4. The first kappa shape index (κ1) is 19.1. The highest BCUT2D eigenvalue weighted by Crippen LogP contribution is 2.33. The van der Waals surface area contributed by atoms with Gasteiger partial charge in [-0.25, -0.2) is 4.98 Å². The van der Waals surface area contributed by atoms with Gasteiger partial charge in [-0.2, -0.15) is 13.2 Å². The van der Waals surface area contributed by atoms with Crippen LogP contribution in [0, 0.1) is 0 Å². The lowest BCUT2D eigenvalue weighted by atomic mass is 10.1. The summed E-state index contributed by atoms with van der Waals surface area (Å²) >= 11 is 6.64. The molecule has 0 bridgehead atoms. The minimum Gasteiger partial charge on any atom is -0.366 e. The number of nitrogens with zero attached hydrogens (tertiary/aromatic N) is 1. The van der Waals surface area contributed by atoms with Gasteiger partial charge in [0.05, 0.1) is 27.6 Å². The van der Waals surface area contributed by atoms with Gasteiger partial charge in [0.1, 0.15) is 5.03 Å². The maximum Gasteiger partial charge on any atom is 0.417 e. The van der Waals surface area contributed by atoms with Gasteiger partial charge in [-0.15, -0.1) is 0 Å². The first-order valence-electron chi connectivity index (χ1n) is 6.72. The van der Waals surface area contributed by atoms with E-state index in [1.54, 1.807) is 12.1 Å². The van der Waals surface area contributed by atoms with Crippen molar-refractivity contribution in [3.63, 3.8) is 0 Å². The van der Waals surface area contributed by atoms with Crippen LogP contribution >= 0.6 is 23.4 Å². The van der Waals surface area contributed by atoms with Crippen molar-refractivity contribution in [2.24, 2.45) is 5.73 Å². The third kappa shape index (κ3) is 5.10. The zero-order chi connectivity index (χ0) is 18.6. The largest absolute Gasteiger partial charge is 0.417 e. The zero-order valence-corrected chi connectivity index (χ0v) is 14.0. The molecule has 0 spiro atoms. The monoisotopic (exact) mass is 389 g/mol. The maximum atomic E-state index is 12.6. The fraction of sp³-hybridized carbons (Fsp3) is 0.133. The first-order chi connectivity index (χ1) is 11.7. The standard InChI is InChI=1S/C15H11ClF3N3O2S/c16-10-5-8(15(17,18)19)6-21-14(10)25-7-12(23)22-11-4-2-1-3-9(11)13(20)24/h1-6H,7H2,(H2,20,24)(H,22,23). The molecule has 2 aromatic rings. The van der Waals surface area contributed by atoms with E-state index in [1.165, 1.54) is 12.1 Å². The second kappa shape index (κ2) is 7.75. The van der Waals surface area contributed by atoms with Crippen molar-refractivity contribution in [1.82, 2.24) is 4.98 Å². The molecule has 132 valence electrons. The number of aromatic nitrogens is 1. The number of carbonyl (C=O) groups excluding carboxylic acids is 2. The zero-order valence-electron chi connectivity index (χ0n) is 12.4. The van der Waals surface area contributed by atoms with Crippen molar-refractivity contribution in [2.45, 2.75) is 11.2 Å². The van der Waals surface area contributed by atoms with Gasteiger partial charge >= 0.3 is 6.18 Å². The SMILES string of the molecule is NC(=O)c1ccccc1NC(=O)CSc1ncc(C(F)(F)F)cc1Cl. The van der Waals surface area contributed by atoms with E-state index < -0.39 is 23.6 Å². The molecule has 5 nitrogen and oxygen atoms in total. The fourth-order valence-corrected chi connectivity index (χ4v) is 2.81. The molecule has 0 aliphatic rings. The van der Waals surface area contributed by atoms with E-state index in [0.717, 1.165) is 17.8 Å². The summed E-state index contributed by atoms with van der Waals surface area (Å²) in [4.78, 5) is 26.9. The Kier molecular flexibility index (Phi) is 5.91. The molecule has 1 heterocycles. The van der Waals surface area contributed by atoms with E-state index in [1.807, 2.05) is 0 Å². The van der Waals surface area contributed by atoms with Crippen LogP contribution in [-0.4, -0.2) is 22.6 Å². The molecule has 3 N–H and O–H groups in total. The van der Waals surface area contributed by atoms with Crippen LogP contribution in [0.25, 0.3) is 0 Å². The van der Waals surface area contributed by atoms with E-state index in [9.17, 15) is 22.8 Å². The van der Waals surface area contributed by atoms with Crippen LogP contribution in [-0.2, 0) is 11.0 Å². The maximum absolute atomic E-state index is 12.6. The number of primary amides is 1. The Bertz CT molecular complexity index is 815. The van der Waals surface area contributed by atoms with Crippen molar-refractivity contribution < 1.29 is 22.8 Å². The van der Waals surface area contributed by atoms with Gasteiger partial charge in [0.25, 0.3) is 5.91 Å². The number of thioether (sulfide) groups is 1. The summed E-state index contributed by atoms with van der Waals surface area (Å²) in [5, 5.41) is 2.39. The van der Waals surface area contributed by atoms with Crippen LogP contribution in [0.1, 0.15) is 15.9 Å². The number of pyridine rings is 1. The molecule has 10 heteroatoms. The highest BCUT2D eigenvalue weighted by Gasteiger charge is 2.31. The Morgan fingerprint density at radius 2 is 1.96 bits per heavy atom. The number of nitrogens with two attached hydrogens (primary N) is 1. The molecule has 0 radical (unpaired) electrons. The minimum absolute atomic E-state index is 0.0907. The van der Waals surface area contributed by atoms with Gasteiger partial charge in [-0.3, -0.25) is 9.59 Å². The van der Waals surface area contributed by atoms with Gasteiger partial charge in [-0.05, 0) is 18.2 Å². The van der Waals surface area contributed by atoms with Crippen molar-refractivity contribution in [3.05, 3.63) is 52.7 Å². The Balaban J connectivity index is 2.03. The molecule has 2 rings (SSSR count). The summed E-state index contributed by atoms with van der Waals surface area (Å²) in [5.74, 6) is -1.35. The Morgan fingerprint density at radius 3 is 2.56 bits per heavy atom. The lowest BCUT2D eigenvalue weighted by Crippen LogP contribution is -2.19. The van der Waals surface area contributed by atoms with Gasteiger partial charge in [-0.1, -0.05) is 35.5 Å². The van der Waals surface area contributed by atoms with Gasteiger partial charge in [0.2, 0.25) is 5.91 Å². The predicted molar refractivity (Wildman–Crippen MR) is 88.6 cm³/mol. The van der Waals surface area contributed by atoms with Crippen LogP contribution < -0.4 is 11.1 Å². The molecule has 0 aliphatic heterocycles. The molecular weight excluding hydrogens is 379 g/mol. The Labute approximate surface area is 149 Å². The number of anilines is 1. The van der Waals surface area contributed by atoms with Crippen LogP contribution in [0.2, 0.25) is 5.02 Å². The minimum atomic E-state index is -4.55. The van der Waals surface area contributed by atoms with Gasteiger partial charge in [0.15, 0.2) is 0 Å². The summed E-state index contributed by atoms with van der Waals surface area (Å²) < 4.78 is 37.7. The number of para-hydroxylation sites is 1. The average molecular weight is 390 g/mol. The Morgan fingerprint density at radius 1 is 1.28 bits per heavy atom. The molecule has 25 heavy (non-hydrogen) atoms. The van der Waals surface area contributed by atoms with Crippen molar-refractivity contribution in [3.8, 4) is 0 Å². The van der Waals surface area contributed by atoms with E-state index in [-0.39, 0.29) is 27.1 Å². The summed E-state index contributed by atoms with van der Waals surface area (Å²) in [5.41, 5.74) is 4.63. The molecule has 2 amide bonds. The number of carbonyl (C=O) groups is 2. The molecule has 0 saturated heterocycles. The topological polar surface area (TPSA) is 85.1 Å². The van der Waals surface area contributed by atoms with Gasteiger partial charge < -0.3 is 11.1 Å². The lowest BCUT2D eigenvalue weighted by Gasteiger charge is -2.10. The number of hydrogen-bond acceptors (Lipinski definition) is 4. The number of alkyl halides is 3. The molecule has 1 aromatic carbocycles. The highest BCUT2D eigenvalue weighted by molar-refractivity contribution is 8.00. The van der Waals surface area contributed by atoms with Crippen molar-refractivity contribution in [2.75, 3.05) is 11.1 Å². The smallest absolute Gasteiger partial charge is 0.366 e. The molecule has 0 saturated carbocycles. The summed E-state index contributed by atoms with van der Waals surface area (Å²) in [6.45, 7) is 0. The van der Waals surface area contributed by atoms with Crippen LogP contribution in [0.4, 0.5) is 18.9 Å². The molecule has 0 fully saturated rings. The molecule has 1 aromatic heterocycles. The number of rotatable bonds is 5. The molecular formula is C15H11ClF3N3O2S. The quantitative estimate of drug-likeness (QED) is 0.765. The van der Waals surface area contributed by atoms with Gasteiger partial charge in [0, 0.05) is 6.20 Å².